The van der Waals surface area contributed by atoms with Crippen LogP contribution < -0.4 is 5.32 Å². The van der Waals surface area contributed by atoms with Gasteiger partial charge in [0, 0.05) is 23.2 Å². The van der Waals surface area contributed by atoms with E-state index in [9.17, 15) is 19.7 Å². The maximum absolute atomic E-state index is 12.8. The molecule has 1 heterocycles. The Bertz CT molecular complexity index is 1180. The third-order valence-corrected chi connectivity index (χ3v) is 4.71. The zero-order chi connectivity index (χ0) is 22.0. The Balaban J connectivity index is 1.80. The smallest absolute Gasteiger partial charge is 0.339 e. The minimum absolute atomic E-state index is 0.0552. The highest BCUT2D eigenvalue weighted by atomic mass is 35.5. The molecule has 0 aliphatic heterocycles. The first-order valence-corrected chi connectivity index (χ1v) is 9.37. The van der Waals surface area contributed by atoms with Gasteiger partial charge >= 0.3 is 5.97 Å². The Labute approximate surface area is 177 Å². The number of nitro benzene ring substituents is 1. The Hall–Kier alpha value is -3.52. The Kier molecular flexibility index (Phi) is 5.98. The number of carbonyl (C=O) groups excluding carboxylic acids is 2. The predicted octanol–water partition coefficient (Wildman–Crippen LogP) is 4.60. The minimum atomic E-state index is -1.17. The molecule has 30 heavy (non-hydrogen) atoms. The van der Waals surface area contributed by atoms with Crippen molar-refractivity contribution in [2.24, 2.45) is 0 Å². The quantitative estimate of drug-likeness (QED) is 0.362. The van der Waals surface area contributed by atoms with Gasteiger partial charge in [0.25, 0.3) is 11.6 Å². The topological polar surface area (TPSA) is 111 Å². The first-order chi connectivity index (χ1) is 14.2. The molecular weight excluding hydrogens is 410 g/mol. The fourth-order valence-corrected chi connectivity index (χ4v) is 3.04. The molecule has 0 fully saturated rings. The number of carbonyl (C=O) groups is 2. The lowest BCUT2D eigenvalue weighted by atomic mass is 10.1. The predicted molar refractivity (Wildman–Crippen MR) is 113 cm³/mol. The summed E-state index contributed by atoms with van der Waals surface area (Å²) >= 11 is 6.00. The van der Waals surface area contributed by atoms with Crippen molar-refractivity contribution in [2.45, 2.75) is 26.9 Å². The van der Waals surface area contributed by atoms with Gasteiger partial charge in [0.15, 0.2) is 6.10 Å². The average Bonchev–Trinajstić information content (AvgIpc) is 2.68. The number of benzene rings is 2. The molecule has 9 heteroatoms. The molecule has 0 radical (unpaired) electrons. The van der Waals surface area contributed by atoms with E-state index in [4.69, 9.17) is 16.3 Å². The average molecular weight is 428 g/mol. The van der Waals surface area contributed by atoms with Crippen LogP contribution in [0.2, 0.25) is 5.02 Å². The van der Waals surface area contributed by atoms with Crippen LogP contribution in [0.1, 0.15) is 28.5 Å². The molecule has 2 aromatic carbocycles. The maximum atomic E-state index is 12.8. The number of nitrogens with one attached hydrogen (secondary N) is 1. The van der Waals surface area contributed by atoms with E-state index in [1.54, 1.807) is 13.0 Å². The van der Waals surface area contributed by atoms with Gasteiger partial charge in [-0.15, -0.1) is 0 Å². The zero-order valence-electron chi connectivity index (χ0n) is 16.4. The number of aromatic nitrogens is 1. The molecule has 1 amide bonds. The Morgan fingerprint density at radius 1 is 1.17 bits per heavy atom. The number of pyridine rings is 1. The maximum Gasteiger partial charge on any atom is 0.339 e. The lowest BCUT2D eigenvalue weighted by Gasteiger charge is -2.15. The molecule has 3 aromatic rings. The third kappa shape index (κ3) is 4.55. The molecule has 0 aliphatic rings. The van der Waals surface area contributed by atoms with Crippen LogP contribution in [0.5, 0.6) is 0 Å². The lowest BCUT2D eigenvalue weighted by Crippen LogP contribution is -2.30. The molecule has 1 N–H and O–H groups in total. The van der Waals surface area contributed by atoms with Crippen LogP contribution in [-0.4, -0.2) is 27.9 Å². The van der Waals surface area contributed by atoms with E-state index in [0.29, 0.717) is 22.2 Å². The molecule has 1 unspecified atom stereocenters. The van der Waals surface area contributed by atoms with Gasteiger partial charge in [0.05, 0.1) is 26.7 Å². The van der Waals surface area contributed by atoms with E-state index >= 15 is 0 Å². The largest absolute Gasteiger partial charge is 0.449 e. The Morgan fingerprint density at radius 2 is 1.90 bits per heavy atom. The number of amides is 1. The number of hydrogen-bond donors (Lipinski definition) is 1. The molecule has 3 rings (SSSR count). The van der Waals surface area contributed by atoms with E-state index in [0.717, 1.165) is 11.6 Å². The van der Waals surface area contributed by atoms with Crippen molar-refractivity contribution in [3.8, 4) is 0 Å². The fraction of sp³-hybridized carbons (Fsp3) is 0.190. The first-order valence-electron chi connectivity index (χ1n) is 8.99. The van der Waals surface area contributed by atoms with Crippen molar-refractivity contribution < 1.29 is 19.2 Å². The molecule has 0 saturated heterocycles. The number of ether oxygens (including phenoxy) is 1. The van der Waals surface area contributed by atoms with Gasteiger partial charge in [0.2, 0.25) is 0 Å². The summed E-state index contributed by atoms with van der Waals surface area (Å²) in [6, 6.07) is 10.8. The van der Waals surface area contributed by atoms with Crippen LogP contribution in [0.25, 0.3) is 10.9 Å². The van der Waals surface area contributed by atoms with Crippen molar-refractivity contribution in [1.82, 2.24) is 4.98 Å². The monoisotopic (exact) mass is 427 g/mol. The molecule has 0 saturated carbocycles. The van der Waals surface area contributed by atoms with Crippen molar-refractivity contribution in [3.05, 3.63) is 74.4 Å². The normalized spacial score (nSPS) is 11.7. The van der Waals surface area contributed by atoms with E-state index < -0.39 is 22.9 Å². The number of non-ortho nitro benzene ring substituents is 1. The summed E-state index contributed by atoms with van der Waals surface area (Å²) in [5, 5.41) is 14.1. The summed E-state index contributed by atoms with van der Waals surface area (Å²) in [6.07, 6.45) is -1.17. The Morgan fingerprint density at radius 3 is 2.60 bits per heavy atom. The summed E-state index contributed by atoms with van der Waals surface area (Å²) in [7, 11) is 0. The standard InChI is InChI=1S/C21H18ClN3O5/c1-11-4-7-18-15(8-11)16(9-12(2)23-18)21(27)30-13(3)20(26)24-19-10-14(25(28)29)5-6-17(19)22/h4-10,13H,1-3H3,(H,24,26). The number of aryl methyl sites for hydroxylation is 2. The van der Waals surface area contributed by atoms with Gasteiger partial charge in [-0.3, -0.25) is 19.9 Å². The highest BCUT2D eigenvalue weighted by molar-refractivity contribution is 6.33. The molecule has 0 aliphatic carbocycles. The third-order valence-electron chi connectivity index (χ3n) is 4.38. The second kappa shape index (κ2) is 8.46. The van der Waals surface area contributed by atoms with Gasteiger partial charge < -0.3 is 10.1 Å². The molecule has 154 valence electrons. The highest BCUT2D eigenvalue weighted by Crippen LogP contribution is 2.27. The molecule has 0 spiro atoms. The molecule has 0 bridgehead atoms. The highest BCUT2D eigenvalue weighted by Gasteiger charge is 2.22. The summed E-state index contributed by atoms with van der Waals surface area (Å²) in [5.74, 6) is -1.35. The van der Waals surface area contributed by atoms with Crippen LogP contribution in [0.4, 0.5) is 11.4 Å². The van der Waals surface area contributed by atoms with E-state index in [2.05, 4.69) is 10.3 Å². The van der Waals surface area contributed by atoms with Crippen LogP contribution in [-0.2, 0) is 9.53 Å². The number of esters is 1. The van der Waals surface area contributed by atoms with Crippen molar-refractivity contribution in [1.29, 1.82) is 0 Å². The van der Waals surface area contributed by atoms with Crippen molar-refractivity contribution in [3.63, 3.8) is 0 Å². The molecule has 1 aromatic heterocycles. The fourth-order valence-electron chi connectivity index (χ4n) is 2.88. The number of halogens is 1. The van der Waals surface area contributed by atoms with E-state index in [1.807, 2.05) is 25.1 Å². The second-order valence-electron chi connectivity index (χ2n) is 6.79. The van der Waals surface area contributed by atoms with Gasteiger partial charge in [-0.1, -0.05) is 23.2 Å². The van der Waals surface area contributed by atoms with Crippen molar-refractivity contribution in [2.75, 3.05) is 5.32 Å². The van der Waals surface area contributed by atoms with Crippen LogP contribution in [0.3, 0.4) is 0 Å². The summed E-state index contributed by atoms with van der Waals surface area (Å²) in [4.78, 5) is 39.9. The lowest BCUT2D eigenvalue weighted by molar-refractivity contribution is -0.384. The van der Waals surface area contributed by atoms with Crippen LogP contribution in [0, 0.1) is 24.0 Å². The van der Waals surface area contributed by atoms with Gasteiger partial charge in [-0.2, -0.15) is 0 Å². The van der Waals surface area contributed by atoms with Gasteiger partial charge in [-0.05, 0) is 45.0 Å². The number of fused-ring (bicyclic) bond motifs is 1. The number of nitro groups is 1. The number of hydrogen-bond acceptors (Lipinski definition) is 6. The van der Waals surface area contributed by atoms with Gasteiger partial charge in [0.1, 0.15) is 0 Å². The van der Waals surface area contributed by atoms with E-state index in [1.165, 1.54) is 19.1 Å². The first kappa shape index (κ1) is 21.2. The second-order valence-corrected chi connectivity index (χ2v) is 7.20. The zero-order valence-corrected chi connectivity index (χ0v) is 17.2. The van der Waals surface area contributed by atoms with Crippen LogP contribution >= 0.6 is 11.6 Å². The number of anilines is 1. The van der Waals surface area contributed by atoms with Crippen molar-refractivity contribution >= 4 is 45.8 Å². The SMILES string of the molecule is Cc1ccc2nc(C)cc(C(=O)OC(C)C(=O)Nc3cc([N+](=O)[O-])ccc3Cl)c2c1. The number of nitrogens with zero attached hydrogens (tertiary/aromatic N) is 2. The summed E-state index contributed by atoms with van der Waals surface area (Å²) in [5.41, 5.74) is 2.36. The molecular formula is C21H18ClN3O5. The van der Waals surface area contributed by atoms with Crippen LogP contribution in [0.15, 0.2) is 42.5 Å². The summed E-state index contributed by atoms with van der Waals surface area (Å²) < 4.78 is 5.34. The van der Waals surface area contributed by atoms with E-state index in [-0.39, 0.29) is 16.4 Å². The molecule has 8 nitrogen and oxygen atoms in total. The molecule has 1 atom stereocenters. The van der Waals surface area contributed by atoms with Gasteiger partial charge in [-0.25, -0.2) is 4.79 Å². The summed E-state index contributed by atoms with van der Waals surface area (Å²) in [6.45, 7) is 5.06. The number of rotatable bonds is 5. The minimum Gasteiger partial charge on any atom is -0.449 e.